The number of anilines is 2. The van der Waals surface area contributed by atoms with E-state index in [1.54, 1.807) is 0 Å². The Kier molecular flexibility index (Phi) is 5.23. The molecule has 0 fully saturated rings. The first kappa shape index (κ1) is 18.7. The van der Waals surface area contributed by atoms with Crippen molar-refractivity contribution in [2.75, 3.05) is 17.2 Å². The second-order valence-corrected chi connectivity index (χ2v) is 6.99. The molecule has 136 valence electrons. The minimum absolute atomic E-state index is 0.151. The highest BCUT2D eigenvalue weighted by Gasteiger charge is 2.53. The van der Waals surface area contributed by atoms with Gasteiger partial charge >= 0.3 is 0 Å². The van der Waals surface area contributed by atoms with Gasteiger partial charge in [-0.25, -0.2) is 0 Å². The van der Waals surface area contributed by atoms with E-state index in [1.165, 1.54) is 12.1 Å². The summed E-state index contributed by atoms with van der Waals surface area (Å²) in [6, 6.07) is 10.5. The zero-order chi connectivity index (χ0) is 18.9. The number of fused-ring (bicyclic) bond motifs is 1. The van der Waals surface area contributed by atoms with Gasteiger partial charge in [0.25, 0.3) is 5.91 Å². The summed E-state index contributed by atoms with van der Waals surface area (Å²) in [5, 5.41) is 17.3. The van der Waals surface area contributed by atoms with E-state index in [4.69, 9.17) is 23.2 Å². The summed E-state index contributed by atoms with van der Waals surface area (Å²) in [6.45, 7) is 2.79. The van der Waals surface area contributed by atoms with Gasteiger partial charge in [0, 0.05) is 22.8 Å². The third kappa shape index (κ3) is 3.07. The first-order valence-corrected chi connectivity index (χ1v) is 8.97. The molecule has 2 aromatic rings. The summed E-state index contributed by atoms with van der Waals surface area (Å²) in [5.74, 6) is -1.71. The summed E-state index contributed by atoms with van der Waals surface area (Å²) in [4.78, 5) is 24.3. The SMILES string of the molecule is CCNc1ccc(CC(C=O)C2(O)C(=O)Nc3c(Cl)ccc(Cl)c32)cc1. The maximum Gasteiger partial charge on any atom is 0.261 e. The Balaban J connectivity index is 1.97. The largest absolute Gasteiger partial charge is 0.385 e. The molecule has 0 bridgehead atoms. The maximum absolute atomic E-state index is 12.5. The number of nitrogens with one attached hydrogen (secondary N) is 2. The Morgan fingerprint density at radius 3 is 2.46 bits per heavy atom. The number of carbonyl (C=O) groups is 2. The van der Waals surface area contributed by atoms with Crippen LogP contribution in [0.4, 0.5) is 11.4 Å². The molecule has 5 nitrogen and oxygen atoms in total. The van der Waals surface area contributed by atoms with Gasteiger partial charge in [-0.15, -0.1) is 0 Å². The van der Waals surface area contributed by atoms with Crippen molar-refractivity contribution in [3.63, 3.8) is 0 Å². The smallest absolute Gasteiger partial charge is 0.261 e. The zero-order valence-corrected chi connectivity index (χ0v) is 15.6. The van der Waals surface area contributed by atoms with Crippen LogP contribution in [0.15, 0.2) is 36.4 Å². The van der Waals surface area contributed by atoms with Crippen LogP contribution in [0.3, 0.4) is 0 Å². The fourth-order valence-electron chi connectivity index (χ4n) is 3.23. The normalized spacial score (nSPS) is 19.6. The molecule has 2 aromatic carbocycles. The van der Waals surface area contributed by atoms with Gasteiger partial charge in [-0.2, -0.15) is 0 Å². The average molecular weight is 393 g/mol. The Bertz CT molecular complexity index is 855. The molecule has 0 radical (unpaired) electrons. The highest BCUT2D eigenvalue weighted by Crippen LogP contribution is 2.48. The van der Waals surface area contributed by atoms with Gasteiger partial charge in [0.15, 0.2) is 5.60 Å². The Labute approximate surface area is 161 Å². The summed E-state index contributed by atoms with van der Waals surface area (Å²) in [7, 11) is 0. The number of rotatable bonds is 6. The van der Waals surface area contributed by atoms with Gasteiger partial charge in [-0.3, -0.25) is 4.79 Å². The number of amides is 1. The summed E-state index contributed by atoms with van der Waals surface area (Å²) in [5.41, 5.74) is 0.103. The quantitative estimate of drug-likeness (QED) is 0.655. The van der Waals surface area contributed by atoms with Crippen molar-refractivity contribution in [1.29, 1.82) is 0 Å². The van der Waals surface area contributed by atoms with Crippen LogP contribution < -0.4 is 10.6 Å². The van der Waals surface area contributed by atoms with Crippen molar-refractivity contribution < 1.29 is 14.7 Å². The second kappa shape index (κ2) is 7.27. The minimum Gasteiger partial charge on any atom is -0.385 e. The molecule has 3 N–H and O–H groups in total. The van der Waals surface area contributed by atoms with Crippen LogP contribution in [0.2, 0.25) is 10.0 Å². The molecule has 0 saturated carbocycles. The van der Waals surface area contributed by atoms with Crippen molar-refractivity contribution >= 4 is 46.8 Å². The molecule has 7 heteroatoms. The van der Waals surface area contributed by atoms with E-state index in [2.05, 4.69) is 10.6 Å². The van der Waals surface area contributed by atoms with E-state index < -0.39 is 17.4 Å². The van der Waals surface area contributed by atoms with Crippen LogP contribution in [0.5, 0.6) is 0 Å². The molecule has 0 aromatic heterocycles. The van der Waals surface area contributed by atoms with Gasteiger partial charge in [0.05, 0.1) is 16.6 Å². The molecule has 1 heterocycles. The van der Waals surface area contributed by atoms with Gasteiger partial charge in [-0.05, 0) is 43.2 Å². The van der Waals surface area contributed by atoms with Crippen molar-refractivity contribution in [1.82, 2.24) is 0 Å². The summed E-state index contributed by atoms with van der Waals surface area (Å²) in [6.07, 6.45) is 0.770. The van der Waals surface area contributed by atoms with Crippen molar-refractivity contribution in [3.8, 4) is 0 Å². The standard InChI is InChI=1S/C19H18Cl2N2O3/c1-2-22-13-5-3-11(4-6-13)9-12(10-24)19(26)16-14(20)7-8-15(21)17(16)23-18(19)25/h3-8,10,12,22,26H,2,9H2,1H3,(H,23,25). The highest BCUT2D eigenvalue weighted by molar-refractivity contribution is 6.38. The number of benzene rings is 2. The summed E-state index contributed by atoms with van der Waals surface area (Å²) < 4.78 is 0. The third-order valence-corrected chi connectivity index (χ3v) is 5.19. The topological polar surface area (TPSA) is 78.4 Å². The first-order chi connectivity index (χ1) is 12.4. The van der Waals surface area contributed by atoms with E-state index in [9.17, 15) is 14.7 Å². The molecule has 1 amide bonds. The molecule has 0 aliphatic carbocycles. The maximum atomic E-state index is 12.5. The first-order valence-electron chi connectivity index (χ1n) is 8.22. The van der Waals surface area contributed by atoms with Gasteiger partial charge in [0.2, 0.25) is 0 Å². The predicted octanol–water partition coefficient (Wildman–Crippen LogP) is 3.62. The van der Waals surface area contributed by atoms with Gasteiger partial charge < -0.3 is 20.5 Å². The van der Waals surface area contributed by atoms with Crippen LogP contribution in [0.25, 0.3) is 0 Å². The van der Waals surface area contributed by atoms with Gasteiger partial charge in [-0.1, -0.05) is 35.3 Å². The molecule has 0 spiro atoms. The van der Waals surface area contributed by atoms with Crippen LogP contribution >= 0.6 is 23.2 Å². The molecular formula is C19H18Cl2N2O3. The van der Waals surface area contributed by atoms with E-state index >= 15 is 0 Å². The van der Waals surface area contributed by atoms with Crippen LogP contribution in [0, 0.1) is 5.92 Å². The van der Waals surface area contributed by atoms with Gasteiger partial charge in [0.1, 0.15) is 6.29 Å². The molecule has 1 aliphatic rings. The van der Waals surface area contributed by atoms with E-state index in [0.717, 1.165) is 17.8 Å². The van der Waals surface area contributed by atoms with Crippen LogP contribution in [0.1, 0.15) is 18.1 Å². The lowest BCUT2D eigenvalue weighted by Gasteiger charge is -2.28. The average Bonchev–Trinajstić information content (AvgIpc) is 2.91. The molecule has 1 aliphatic heterocycles. The lowest BCUT2D eigenvalue weighted by molar-refractivity contribution is -0.143. The number of aldehydes is 1. The lowest BCUT2D eigenvalue weighted by atomic mass is 9.79. The van der Waals surface area contributed by atoms with Crippen LogP contribution in [-0.4, -0.2) is 23.8 Å². The van der Waals surface area contributed by atoms with E-state index in [1.807, 2.05) is 31.2 Å². The fourth-order valence-corrected chi connectivity index (χ4v) is 3.74. The van der Waals surface area contributed by atoms with E-state index in [-0.39, 0.29) is 27.7 Å². The Hall–Kier alpha value is -2.08. The Morgan fingerprint density at radius 2 is 1.85 bits per heavy atom. The molecule has 3 rings (SSSR count). The monoisotopic (exact) mass is 392 g/mol. The fraction of sp³-hybridized carbons (Fsp3) is 0.263. The third-order valence-electron chi connectivity index (χ3n) is 4.56. The number of hydrogen-bond acceptors (Lipinski definition) is 4. The second-order valence-electron chi connectivity index (χ2n) is 6.17. The molecular weight excluding hydrogens is 375 g/mol. The Morgan fingerprint density at radius 1 is 1.19 bits per heavy atom. The van der Waals surface area contributed by atoms with Crippen molar-refractivity contribution in [2.24, 2.45) is 5.92 Å². The highest BCUT2D eigenvalue weighted by atomic mass is 35.5. The van der Waals surface area contributed by atoms with Crippen molar-refractivity contribution in [3.05, 3.63) is 57.6 Å². The number of carbonyl (C=O) groups excluding carboxylic acids is 2. The molecule has 0 saturated heterocycles. The number of halogens is 2. The summed E-state index contributed by atoms with van der Waals surface area (Å²) >= 11 is 12.3. The van der Waals surface area contributed by atoms with E-state index in [0.29, 0.717) is 6.29 Å². The number of aliphatic hydroxyl groups is 1. The molecule has 2 atom stereocenters. The molecule has 2 unspecified atom stereocenters. The zero-order valence-electron chi connectivity index (χ0n) is 14.1. The predicted molar refractivity (Wildman–Crippen MR) is 103 cm³/mol. The minimum atomic E-state index is -2.07. The van der Waals surface area contributed by atoms with Crippen molar-refractivity contribution in [2.45, 2.75) is 18.9 Å². The lowest BCUT2D eigenvalue weighted by Crippen LogP contribution is -2.43. The van der Waals surface area contributed by atoms with Crippen LogP contribution in [-0.2, 0) is 21.6 Å². The number of hydrogen-bond donors (Lipinski definition) is 3. The molecule has 26 heavy (non-hydrogen) atoms.